The Hall–Kier alpha value is -2.64. The van der Waals surface area contributed by atoms with E-state index in [-0.39, 0.29) is 0 Å². The highest BCUT2D eigenvalue weighted by Crippen LogP contribution is 2.31. The third kappa shape index (κ3) is 7.02. The van der Waals surface area contributed by atoms with Gasteiger partial charge in [0.15, 0.2) is 0 Å². The molecule has 3 aromatic carbocycles. The Kier molecular flexibility index (Phi) is 9.81. The Morgan fingerprint density at radius 1 is 1.05 bits per heavy atom. The second kappa shape index (κ2) is 13.2. The molecule has 1 aliphatic rings. The van der Waals surface area contributed by atoms with E-state index in [1.807, 2.05) is 6.07 Å². The van der Waals surface area contributed by atoms with Crippen molar-refractivity contribution in [3.63, 3.8) is 0 Å². The van der Waals surface area contributed by atoms with E-state index in [0.717, 1.165) is 52.7 Å². The van der Waals surface area contributed by atoms with Gasteiger partial charge in [-0.1, -0.05) is 95.8 Å². The Morgan fingerprint density at radius 2 is 1.84 bits per heavy atom. The van der Waals surface area contributed by atoms with E-state index in [1.165, 1.54) is 22.3 Å². The van der Waals surface area contributed by atoms with Crippen LogP contribution in [0, 0.1) is 13.8 Å². The fourth-order valence-electron chi connectivity index (χ4n) is 5.06. The molecule has 0 aromatic heterocycles. The van der Waals surface area contributed by atoms with E-state index < -0.39 is 12.0 Å². The Morgan fingerprint density at radius 3 is 2.59 bits per heavy atom. The first-order valence-corrected chi connectivity index (χ1v) is 14.6. The van der Waals surface area contributed by atoms with E-state index in [2.05, 4.69) is 108 Å². The van der Waals surface area contributed by atoms with Crippen molar-refractivity contribution >= 4 is 40.7 Å². The highest BCUT2D eigenvalue weighted by Gasteiger charge is 2.29. The van der Waals surface area contributed by atoms with Crippen LogP contribution >= 0.6 is 22.6 Å². The molecule has 4 nitrogen and oxygen atoms in total. The molecule has 1 fully saturated rings. The maximum absolute atomic E-state index is 11.9. The molecule has 0 aliphatic carbocycles. The van der Waals surface area contributed by atoms with Gasteiger partial charge in [0.25, 0.3) is 0 Å². The van der Waals surface area contributed by atoms with Gasteiger partial charge < -0.3 is 9.84 Å². The number of carboxylic acid groups (broad SMARTS) is 1. The number of piperidine rings is 1. The topological polar surface area (TPSA) is 49.8 Å². The third-order valence-electron chi connectivity index (χ3n) is 7.16. The van der Waals surface area contributed by atoms with Gasteiger partial charge in [-0.3, -0.25) is 9.69 Å². The van der Waals surface area contributed by atoms with Crippen molar-refractivity contribution in [1.29, 1.82) is 0 Å². The van der Waals surface area contributed by atoms with E-state index in [1.54, 1.807) is 0 Å². The lowest BCUT2D eigenvalue weighted by atomic mass is 9.95. The molecule has 1 heterocycles. The minimum absolute atomic E-state index is 0.421. The number of alkyl halides is 1. The molecule has 0 unspecified atom stereocenters. The van der Waals surface area contributed by atoms with Crippen molar-refractivity contribution < 1.29 is 14.6 Å². The van der Waals surface area contributed by atoms with Crippen LogP contribution in [0.5, 0.6) is 5.75 Å². The number of halogens is 1. The number of rotatable bonds is 10. The molecular formula is C32H36INO3. The summed E-state index contributed by atoms with van der Waals surface area (Å²) in [6, 6.07) is 20.8. The fourth-order valence-corrected chi connectivity index (χ4v) is 5.37. The Balaban J connectivity index is 1.63. The monoisotopic (exact) mass is 609 g/mol. The van der Waals surface area contributed by atoms with E-state index in [4.69, 9.17) is 4.74 Å². The van der Waals surface area contributed by atoms with Crippen LogP contribution in [0.1, 0.15) is 53.5 Å². The second-order valence-electron chi connectivity index (χ2n) is 9.75. The molecule has 0 bridgehead atoms. The zero-order valence-electron chi connectivity index (χ0n) is 21.8. The first kappa shape index (κ1) is 27.4. The van der Waals surface area contributed by atoms with Crippen molar-refractivity contribution in [3.8, 4) is 16.9 Å². The van der Waals surface area contributed by atoms with Crippen molar-refractivity contribution in [2.75, 3.05) is 17.6 Å². The van der Waals surface area contributed by atoms with Crippen molar-refractivity contribution in [1.82, 2.24) is 4.90 Å². The summed E-state index contributed by atoms with van der Waals surface area (Å²) in [7, 11) is 0. The molecule has 0 spiro atoms. The maximum atomic E-state index is 11.9. The summed E-state index contributed by atoms with van der Waals surface area (Å²) in [6.07, 6.45) is 8.05. The number of hydrogen-bond donors (Lipinski definition) is 1. The third-order valence-corrected chi connectivity index (χ3v) is 7.92. The van der Waals surface area contributed by atoms with Gasteiger partial charge in [0, 0.05) is 16.5 Å². The SMILES string of the molecule is Cc1cc(CN2CCCC[C@H]2C(=O)O)c(OCCCI)cc1/C=C/c1cccc(-c2ccccc2)c1C. The van der Waals surface area contributed by atoms with E-state index >= 15 is 0 Å². The molecule has 1 N–H and O–H groups in total. The lowest BCUT2D eigenvalue weighted by Gasteiger charge is -2.33. The van der Waals surface area contributed by atoms with Gasteiger partial charge >= 0.3 is 5.97 Å². The number of aliphatic carboxylic acids is 1. The average molecular weight is 610 g/mol. The molecule has 0 radical (unpaired) electrons. The van der Waals surface area contributed by atoms with Gasteiger partial charge in [-0.2, -0.15) is 0 Å². The smallest absolute Gasteiger partial charge is 0.320 e. The predicted octanol–water partition coefficient (Wildman–Crippen LogP) is 7.78. The summed E-state index contributed by atoms with van der Waals surface area (Å²) in [4.78, 5) is 13.9. The lowest BCUT2D eigenvalue weighted by molar-refractivity contribution is -0.144. The molecule has 5 heteroatoms. The number of nitrogens with zero attached hydrogens (tertiary/aromatic N) is 1. The van der Waals surface area contributed by atoms with Gasteiger partial charge in [0.2, 0.25) is 0 Å². The summed E-state index contributed by atoms with van der Waals surface area (Å²) in [5, 5.41) is 9.74. The van der Waals surface area contributed by atoms with Crippen LogP contribution in [-0.4, -0.2) is 39.6 Å². The number of ether oxygens (including phenoxy) is 1. The molecule has 4 rings (SSSR count). The quantitative estimate of drug-likeness (QED) is 0.110. The van der Waals surface area contributed by atoms with Gasteiger partial charge in [0.1, 0.15) is 11.8 Å². The van der Waals surface area contributed by atoms with Crippen LogP contribution in [0.4, 0.5) is 0 Å². The van der Waals surface area contributed by atoms with Crippen LogP contribution in [0.15, 0.2) is 60.7 Å². The van der Waals surface area contributed by atoms with Gasteiger partial charge in [0.05, 0.1) is 6.61 Å². The zero-order valence-corrected chi connectivity index (χ0v) is 23.9. The van der Waals surface area contributed by atoms with Crippen molar-refractivity contribution in [2.24, 2.45) is 0 Å². The van der Waals surface area contributed by atoms with E-state index in [0.29, 0.717) is 19.6 Å². The highest BCUT2D eigenvalue weighted by atomic mass is 127. The molecule has 37 heavy (non-hydrogen) atoms. The zero-order chi connectivity index (χ0) is 26.2. The number of carbonyl (C=O) groups is 1. The Bertz CT molecular complexity index is 1240. The first-order chi connectivity index (χ1) is 18.0. The second-order valence-corrected chi connectivity index (χ2v) is 10.8. The highest BCUT2D eigenvalue weighted by molar-refractivity contribution is 14.1. The van der Waals surface area contributed by atoms with Gasteiger partial charge in [-0.25, -0.2) is 0 Å². The minimum Gasteiger partial charge on any atom is -0.493 e. The number of likely N-dealkylation sites (tertiary alicyclic amines) is 1. The molecule has 0 saturated carbocycles. The number of hydrogen-bond acceptors (Lipinski definition) is 3. The molecular weight excluding hydrogens is 573 g/mol. The van der Waals surface area contributed by atoms with Crippen LogP contribution in [-0.2, 0) is 11.3 Å². The van der Waals surface area contributed by atoms with E-state index in [9.17, 15) is 9.90 Å². The molecule has 1 saturated heterocycles. The molecule has 0 amide bonds. The minimum atomic E-state index is -0.726. The van der Waals surface area contributed by atoms with Crippen LogP contribution in [0.3, 0.4) is 0 Å². The number of benzene rings is 3. The number of carboxylic acids is 1. The Labute approximate surface area is 234 Å². The fraction of sp³-hybridized carbons (Fsp3) is 0.344. The van der Waals surface area contributed by atoms with Crippen molar-refractivity contribution in [2.45, 2.75) is 52.1 Å². The summed E-state index contributed by atoms with van der Waals surface area (Å²) in [5.41, 5.74) is 8.25. The van der Waals surface area contributed by atoms with Crippen LogP contribution < -0.4 is 4.74 Å². The normalized spacial score (nSPS) is 16.2. The lowest BCUT2D eigenvalue weighted by Crippen LogP contribution is -2.44. The maximum Gasteiger partial charge on any atom is 0.320 e. The van der Waals surface area contributed by atoms with Crippen LogP contribution in [0.2, 0.25) is 0 Å². The average Bonchev–Trinajstić information content (AvgIpc) is 2.90. The van der Waals surface area contributed by atoms with Crippen molar-refractivity contribution in [3.05, 3.63) is 88.5 Å². The van der Waals surface area contributed by atoms with Gasteiger partial charge in [-0.05, 0) is 79.1 Å². The van der Waals surface area contributed by atoms with Gasteiger partial charge in [-0.15, -0.1) is 0 Å². The number of aryl methyl sites for hydroxylation is 1. The molecule has 1 aliphatic heterocycles. The summed E-state index contributed by atoms with van der Waals surface area (Å²) >= 11 is 2.37. The largest absolute Gasteiger partial charge is 0.493 e. The summed E-state index contributed by atoms with van der Waals surface area (Å²) in [5.74, 6) is 0.135. The molecule has 194 valence electrons. The van der Waals surface area contributed by atoms with Crippen LogP contribution in [0.25, 0.3) is 23.3 Å². The standard InChI is InChI=1S/C32H36INO3/c1-23-20-28(22-34-18-7-6-14-30(34)32(35)36)31(37-19-9-17-33)21-27(23)16-15-25-12-8-13-29(24(25)2)26-10-4-3-5-11-26/h3-5,8,10-13,15-16,20-21,30H,6-7,9,14,17-19,22H2,1-2H3,(H,35,36)/b16-15+/t30-/m0/s1. The molecule has 3 aromatic rings. The first-order valence-electron chi connectivity index (χ1n) is 13.1. The summed E-state index contributed by atoms with van der Waals surface area (Å²) in [6.45, 7) is 6.36. The summed E-state index contributed by atoms with van der Waals surface area (Å²) < 4.78 is 7.29. The molecule has 1 atom stereocenters. The predicted molar refractivity (Wildman–Crippen MR) is 161 cm³/mol.